The molecule has 0 saturated carbocycles. The average Bonchev–Trinajstić information content (AvgIpc) is 2.83. The van der Waals surface area contributed by atoms with Gasteiger partial charge >= 0.3 is 5.97 Å². The fourth-order valence-corrected chi connectivity index (χ4v) is 3.08. The Morgan fingerprint density at radius 2 is 2.19 bits per heavy atom. The Morgan fingerprint density at radius 1 is 1.43 bits per heavy atom. The molecule has 21 heavy (non-hydrogen) atoms. The van der Waals surface area contributed by atoms with E-state index in [2.05, 4.69) is 31.4 Å². The Hall–Kier alpha value is -1.52. The van der Waals surface area contributed by atoms with Crippen LogP contribution < -0.4 is 5.32 Å². The number of thioether (sulfide) groups is 1. The minimum Gasteiger partial charge on any atom is -0.481 e. The molecule has 2 aromatic rings. The van der Waals surface area contributed by atoms with E-state index in [1.165, 1.54) is 12.1 Å². The van der Waals surface area contributed by atoms with Gasteiger partial charge in [-0.25, -0.2) is 4.39 Å². The Morgan fingerprint density at radius 3 is 2.86 bits per heavy atom. The summed E-state index contributed by atoms with van der Waals surface area (Å²) in [5, 5.41) is 18.6. The largest absolute Gasteiger partial charge is 0.481 e. The first-order chi connectivity index (χ1) is 9.95. The molecule has 0 aliphatic heterocycles. The van der Waals surface area contributed by atoms with Crippen molar-refractivity contribution in [2.45, 2.75) is 4.34 Å². The van der Waals surface area contributed by atoms with E-state index in [-0.39, 0.29) is 16.4 Å². The number of hydrogen-bond donors (Lipinski definition) is 2. The number of nitrogens with zero attached hydrogens (tertiary/aromatic N) is 2. The van der Waals surface area contributed by atoms with Gasteiger partial charge in [0.15, 0.2) is 4.34 Å². The second-order valence-corrected chi connectivity index (χ2v) is 6.75. The Labute approximate surface area is 134 Å². The zero-order chi connectivity index (χ0) is 15.4. The van der Waals surface area contributed by atoms with Gasteiger partial charge in [0.25, 0.3) is 5.91 Å². The second-order valence-electron chi connectivity index (χ2n) is 3.63. The van der Waals surface area contributed by atoms with Gasteiger partial charge in [-0.05, 0) is 18.2 Å². The van der Waals surface area contributed by atoms with Crippen molar-refractivity contribution in [2.24, 2.45) is 0 Å². The van der Waals surface area contributed by atoms with Crippen LogP contribution in [0.5, 0.6) is 0 Å². The molecule has 0 saturated heterocycles. The van der Waals surface area contributed by atoms with Crippen LogP contribution in [0, 0.1) is 5.82 Å². The number of carbonyl (C=O) groups excluding carboxylic acids is 1. The van der Waals surface area contributed by atoms with Gasteiger partial charge in [-0.15, -0.1) is 10.2 Å². The zero-order valence-electron chi connectivity index (χ0n) is 10.2. The van der Waals surface area contributed by atoms with E-state index in [4.69, 9.17) is 5.11 Å². The number of hydrogen-bond acceptors (Lipinski definition) is 6. The minimum absolute atomic E-state index is 0.117. The van der Waals surface area contributed by atoms with E-state index in [1.807, 2.05) is 0 Å². The third kappa shape index (κ3) is 4.48. The van der Waals surface area contributed by atoms with Crippen LogP contribution in [-0.4, -0.2) is 32.9 Å². The Bertz CT molecular complexity index is 695. The van der Waals surface area contributed by atoms with Crippen molar-refractivity contribution >= 4 is 56.0 Å². The predicted molar refractivity (Wildman–Crippen MR) is 80.3 cm³/mol. The maximum absolute atomic E-state index is 13.6. The van der Waals surface area contributed by atoms with Crippen LogP contribution in [0.2, 0.25) is 0 Å². The van der Waals surface area contributed by atoms with Crippen LogP contribution in [0.4, 0.5) is 9.52 Å². The van der Waals surface area contributed by atoms with Crippen molar-refractivity contribution in [3.8, 4) is 0 Å². The van der Waals surface area contributed by atoms with E-state index < -0.39 is 17.7 Å². The summed E-state index contributed by atoms with van der Waals surface area (Å²) in [4.78, 5) is 22.3. The summed E-state index contributed by atoms with van der Waals surface area (Å²) in [6, 6.07) is 4.07. The summed E-state index contributed by atoms with van der Waals surface area (Å²) >= 11 is 5.11. The summed E-state index contributed by atoms with van der Waals surface area (Å²) in [5.74, 6) is -2.43. The lowest BCUT2D eigenvalue weighted by molar-refractivity contribution is -0.133. The number of anilines is 1. The van der Waals surface area contributed by atoms with Gasteiger partial charge < -0.3 is 5.11 Å². The van der Waals surface area contributed by atoms with E-state index in [9.17, 15) is 14.0 Å². The molecule has 10 heteroatoms. The molecule has 0 atom stereocenters. The maximum atomic E-state index is 13.6. The molecule has 0 fully saturated rings. The molecule has 2 N–H and O–H groups in total. The lowest BCUT2D eigenvalue weighted by Crippen LogP contribution is -2.13. The number of aliphatic carboxylic acids is 1. The fourth-order valence-electron chi connectivity index (χ4n) is 1.28. The first kappa shape index (κ1) is 15.9. The van der Waals surface area contributed by atoms with Gasteiger partial charge in [-0.3, -0.25) is 14.9 Å². The van der Waals surface area contributed by atoms with Crippen molar-refractivity contribution in [1.82, 2.24) is 10.2 Å². The number of carbonyl (C=O) groups is 2. The number of amides is 1. The van der Waals surface area contributed by atoms with E-state index in [1.54, 1.807) is 6.07 Å². The van der Waals surface area contributed by atoms with Crippen LogP contribution >= 0.6 is 39.0 Å². The molecule has 2 rings (SSSR count). The Kier molecular flexibility index (Phi) is 5.26. The summed E-state index contributed by atoms with van der Waals surface area (Å²) in [5.41, 5.74) is -0.117. The summed E-state index contributed by atoms with van der Waals surface area (Å²) < 4.78 is 14.6. The topological polar surface area (TPSA) is 92.2 Å². The Balaban J connectivity index is 2.04. The van der Waals surface area contributed by atoms with Crippen molar-refractivity contribution < 1.29 is 19.1 Å². The van der Waals surface area contributed by atoms with Crippen molar-refractivity contribution in [2.75, 3.05) is 11.1 Å². The lowest BCUT2D eigenvalue weighted by atomic mass is 10.2. The molecule has 0 unspecified atom stereocenters. The molecule has 0 bridgehead atoms. The van der Waals surface area contributed by atoms with Crippen LogP contribution in [0.3, 0.4) is 0 Å². The number of carboxylic acids is 1. The van der Waals surface area contributed by atoms with E-state index in [0.717, 1.165) is 23.1 Å². The quantitative estimate of drug-likeness (QED) is 0.601. The van der Waals surface area contributed by atoms with Gasteiger partial charge in [0.05, 0.1) is 11.3 Å². The third-order valence-corrected chi connectivity index (χ3v) is 4.57. The van der Waals surface area contributed by atoms with Gasteiger partial charge in [0.1, 0.15) is 5.82 Å². The summed E-state index contributed by atoms with van der Waals surface area (Å²) in [6.45, 7) is 0. The molecule has 0 spiro atoms. The van der Waals surface area contributed by atoms with Crippen LogP contribution in [0.1, 0.15) is 10.4 Å². The van der Waals surface area contributed by atoms with Crippen molar-refractivity contribution in [3.05, 3.63) is 34.1 Å². The summed E-state index contributed by atoms with van der Waals surface area (Å²) in [6.07, 6.45) is 0. The molecule has 6 nitrogen and oxygen atoms in total. The van der Waals surface area contributed by atoms with Gasteiger partial charge in [-0.2, -0.15) is 0 Å². The number of rotatable bonds is 5. The van der Waals surface area contributed by atoms with Crippen LogP contribution in [0.15, 0.2) is 27.0 Å². The molecule has 1 aromatic heterocycles. The number of nitrogens with one attached hydrogen (secondary N) is 1. The molecule has 0 radical (unpaired) electrons. The molecular formula is C11H7BrFN3O3S2. The maximum Gasteiger partial charge on any atom is 0.313 e. The molecule has 1 amide bonds. The molecular weight excluding hydrogens is 385 g/mol. The first-order valence-corrected chi connectivity index (χ1v) is 7.99. The smallest absolute Gasteiger partial charge is 0.313 e. The third-order valence-electron chi connectivity index (χ3n) is 2.12. The molecule has 110 valence electrons. The predicted octanol–water partition coefficient (Wildman–Crippen LogP) is 2.87. The highest BCUT2D eigenvalue weighted by molar-refractivity contribution is 9.10. The van der Waals surface area contributed by atoms with E-state index >= 15 is 0 Å². The molecule has 0 aliphatic carbocycles. The van der Waals surface area contributed by atoms with Crippen molar-refractivity contribution in [3.63, 3.8) is 0 Å². The van der Waals surface area contributed by atoms with Gasteiger partial charge in [0.2, 0.25) is 5.13 Å². The molecule has 0 aliphatic rings. The molecule has 1 aromatic carbocycles. The first-order valence-electron chi connectivity index (χ1n) is 5.40. The highest BCUT2D eigenvalue weighted by atomic mass is 79.9. The highest BCUT2D eigenvalue weighted by Gasteiger charge is 2.15. The number of halogens is 2. The number of aromatic nitrogens is 2. The number of carboxylic acid groups (broad SMARTS) is 1. The standard InChI is InChI=1S/C11H7BrFN3O3S2/c12-5-1-2-6(7(13)3-5)9(19)14-10-15-16-11(21-10)20-4-8(17)18/h1-3H,4H2,(H,17,18)(H,14,15,19). The average molecular weight is 392 g/mol. The van der Waals surface area contributed by atoms with Crippen LogP contribution in [0.25, 0.3) is 0 Å². The fraction of sp³-hybridized carbons (Fsp3) is 0.0909. The minimum atomic E-state index is -0.974. The van der Waals surface area contributed by atoms with Gasteiger partial charge in [-0.1, -0.05) is 39.0 Å². The zero-order valence-corrected chi connectivity index (χ0v) is 13.4. The lowest BCUT2D eigenvalue weighted by Gasteiger charge is -2.02. The van der Waals surface area contributed by atoms with Crippen LogP contribution in [-0.2, 0) is 4.79 Å². The van der Waals surface area contributed by atoms with Gasteiger partial charge in [0, 0.05) is 4.47 Å². The monoisotopic (exact) mass is 391 g/mol. The highest BCUT2D eigenvalue weighted by Crippen LogP contribution is 2.26. The number of benzene rings is 1. The summed E-state index contributed by atoms with van der Waals surface area (Å²) in [7, 11) is 0. The van der Waals surface area contributed by atoms with E-state index in [0.29, 0.717) is 8.81 Å². The second kappa shape index (κ2) is 6.96. The SMILES string of the molecule is O=C(O)CSc1nnc(NC(=O)c2ccc(Br)cc2F)s1. The normalized spacial score (nSPS) is 10.4. The molecule has 1 heterocycles. The van der Waals surface area contributed by atoms with Crippen molar-refractivity contribution in [1.29, 1.82) is 0 Å².